The summed E-state index contributed by atoms with van der Waals surface area (Å²) < 4.78 is 5.30. The molecule has 9 heteroatoms. The lowest BCUT2D eigenvalue weighted by molar-refractivity contribution is 0.0696. The molecule has 0 radical (unpaired) electrons. The van der Waals surface area contributed by atoms with Crippen molar-refractivity contribution in [2.75, 3.05) is 26.2 Å². The average molecular weight is 294 g/mol. The Bertz CT molecular complexity index is 537. The van der Waals surface area contributed by atoms with Crippen LogP contribution in [0.15, 0.2) is 23.3 Å². The molecule has 0 aliphatic rings. The van der Waals surface area contributed by atoms with Gasteiger partial charge in [0.05, 0.1) is 11.1 Å². The molecule has 1 aromatic carbocycles. The molecule has 0 aliphatic heterocycles. The highest BCUT2D eigenvalue weighted by Gasteiger charge is 2.11. The molecule has 1 aromatic rings. The van der Waals surface area contributed by atoms with Gasteiger partial charge in [0.15, 0.2) is 0 Å². The number of nitrogens with zero attached hydrogens (tertiary/aromatic N) is 3. The van der Waals surface area contributed by atoms with Crippen LogP contribution < -0.4 is 10.1 Å². The summed E-state index contributed by atoms with van der Waals surface area (Å²) in [5, 5.41) is 24.1. The van der Waals surface area contributed by atoms with Crippen molar-refractivity contribution in [3.63, 3.8) is 0 Å². The standard InChI is InChI=1S/C12H14N4O5/c13-16-15-2-1-14-3-4-21-10-6-8(11(17)18)5-9(7-10)12(19)20/h5-7,14H,1-4H2,(H,17,18)(H,19,20). The minimum absolute atomic E-state index is 0.152. The Morgan fingerprint density at radius 1 is 1.19 bits per heavy atom. The van der Waals surface area contributed by atoms with Gasteiger partial charge in [-0.2, -0.15) is 0 Å². The number of azide groups is 1. The molecule has 0 fully saturated rings. The Labute approximate surface area is 119 Å². The first-order valence-corrected chi connectivity index (χ1v) is 6.00. The molecule has 0 spiro atoms. The van der Waals surface area contributed by atoms with E-state index in [0.717, 1.165) is 6.07 Å². The van der Waals surface area contributed by atoms with Gasteiger partial charge >= 0.3 is 11.9 Å². The van der Waals surface area contributed by atoms with Crippen molar-refractivity contribution in [2.24, 2.45) is 5.11 Å². The number of hydrogen-bond acceptors (Lipinski definition) is 5. The number of carbonyl (C=O) groups is 2. The molecule has 0 heterocycles. The van der Waals surface area contributed by atoms with Crippen LogP contribution in [0, 0.1) is 0 Å². The van der Waals surface area contributed by atoms with Crippen LogP contribution in [0.1, 0.15) is 20.7 Å². The minimum Gasteiger partial charge on any atom is -0.492 e. The molecule has 0 saturated carbocycles. The van der Waals surface area contributed by atoms with E-state index in [1.807, 2.05) is 0 Å². The first-order valence-electron chi connectivity index (χ1n) is 6.00. The van der Waals surface area contributed by atoms with Crippen LogP contribution in [0.5, 0.6) is 5.75 Å². The summed E-state index contributed by atoms with van der Waals surface area (Å²) >= 11 is 0. The van der Waals surface area contributed by atoms with Gasteiger partial charge in [-0.3, -0.25) is 0 Å². The number of hydrogen-bond donors (Lipinski definition) is 3. The predicted octanol–water partition coefficient (Wildman–Crippen LogP) is 1.36. The molecule has 1 rings (SSSR count). The van der Waals surface area contributed by atoms with Crippen LogP contribution >= 0.6 is 0 Å². The highest BCUT2D eigenvalue weighted by Crippen LogP contribution is 2.17. The summed E-state index contributed by atoms with van der Waals surface area (Å²) in [6, 6.07) is 3.58. The first-order chi connectivity index (χ1) is 10.0. The van der Waals surface area contributed by atoms with E-state index >= 15 is 0 Å². The van der Waals surface area contributed by atoms with E-state index in [0.29, 0.717) is 19.6 Å². The van der Waals surface area contributed by atoms with Gasteiger partial charge in [-0.05, 0) is 23.7 Å². The van der Waals surface area contributed by atoms with Crippen molar-refractivity contribution in [3.8, 4) is 5.75 Å². The Morgan fingerprint density at radius 2 is 1.81 bits per heavy atom. The van der Waals surface area contributed by atoms with Crippen molar-refractivity contribution in [1.29, 1.82) is 0 Å². The summed E-state index contributed by atoms with van der Waals surface area (Å²) in [7, 11) is 0. The van der Waals surface area contributed by atoms with Crippen LogP contribution in [0.4, 0.5) is 0 Å². The van der Waals surface area contributed by atoms with Gasteiger partial charge in [0, 0.05) is 24.5 Å². The van der Waals surface area contributed by atoms with E-state index in [4.69, 9.17) is 20.5 Å². The molecule has 0 unspecified atom stereocenters. The van der Waals surface area contributed by atoms with E-state index in [9.17, 15) is 9.59 Å². The molecular formula is C12H14N4O5. The molecule has 112 valence electrons. The summed E-state index contributed by atoms with van der Waals surface area (Å²) in [5.74, 6) is -2.28. The lowest BCUT2D eigenvalue weighted by atomic mass is 10.1. The number of nitrogens with one attached hydrogen (secondary N) is 1. The fourth-order valence-electron chi connectivity index (χ4n) is 1.47. The van der Waals surface area contributed by atoms with Gasteiger partial charge in [0.2, 0.25) is 0 Å². The van der Waals surface area contributed by atoms with Gasteiger partial charge in [-0.25, -0.2) is 9.59 Å². The number of ether oxygens (including phenoxy) is 1. The van der Waals surface area contributed by atoms with Gasteiger partial charge in [0.25, 0.3) is 0 Å². The minimum atomic E-state index is -1.23. The second kappa shape index (κ2) is 8.41. The van der Waals surface area contributed by atoms with Gasteiger partial charge < -0.3 is 20.3 Å². The summed E-state index contributed by atoms with van der Waals surface area (Å²) in [6.07, 6.45) is 0. The molecule has 0 aliphatic carbocycles. The Morgan fingerprint density at radius 3 is 2.33 bits per heavy atom. The van der Waals surface area contributed by atoms with Gasteiger partial charge in [-0.1, -0.05) is 5.11 Å². The summed E-state index contributed by atoms with van der Waals surface area (Å²) in [6.45, 7) is 1.47. The van der Waals surface area contributed by atoms with Crippen molar-refractivity contribution < 1.29 is 24.5 Å². The average Bonchev–Trinajstić information content (AvgIpc) is 2.46. The van der Waals surface area contributed by atoms with Crippen LogP contribution in [-0.2, 0) is 0 Å². The lowest BCUT2D eigenvalue weighted by Gasteiger charge is -2.09. The zero-order valence-electron chi connectivity index (χ0n) is 11.0. The summed E-state index contributed by atoms with van der Waals surface area (Å²) in [5.41, 5.74) is 7.77. The molecule has 0 saturated heterocycles. The van der Waals surface area contributed by atoms with Crippen molar-refractivity contribution in [3.05, 3.63) is 39.8 Å². The highest BCUT2D eigenvalue weighted by molar-refractivity contribution is 5.94. The number of carboxylic acids is 2. The zero-order valence-corrected chi connectivity index (χ0v) is 11.0. The molecule has 0 aromatic heterocycles. The predicted molar refractivity (Wildman–Crippen MR) is 72.7 cm³/mol. The van der Waals surface area contributed by atoms with E-state index in [1.54, 1.807) is 0 Å². The molecule has 0 atom stereocenters. The maximum atomic E-state index is 10.9. The third kappa shape index (κ3) is 5.81. The molecule has 0 amide bonds. The fraction of sp³-hybridized carbons (Fsp3) is 0.333. The third-order valence-corrected chi connectivity index (χ3v) is 2.40. The van der Waals surface area contributed by atoms with Gasteiger partial charge in [-0.15, -0.1) is 0 Å². The van der Waals surface area contributed by atoms with E-state index in [-0.39, 0.29) is 23.5 Å². The third-order valence-electron chi connectivity index (χ3n) is 2.40. The summed E-state index contributed by atoms with van der Waals surface area (Å²) in [4.78, 5) is 24.4. The first kappa shape index (κ1) is 16.3. The van der Waals surface area contributed by atoms with Crippen LogP contribution in [-0.4, -0.2) is 48.4 Å². The Balaban J connectivity index is 2.56. The quantitative estimate of drug-likeness (QED) is 0.271. The van der Waals surface area contributed by atoms with Crippen molar-refractivity contribution in [1.82, 2.24) is 5.32 Å². The van der Waals surface area contributed by atoms with E-state index in [1.165, 1.54) is 12.1 Å². The lowest BCUT2D eigenvalue weighted by Crippen LogP contribution is -2.23. The normalized spacial score (nSPS) is 9.71. The van der Waals surface area contributed by atoms with Crippen LogP contribution in [0.3, 0.4) is 0 Å². The maximum Gasteiger partial charge on any atom is 0.335 e. The molecule has 9 nitrogen and oxygen atoms in total. The molecule has 3 N–H and O–H groups in total. The Kier molecular flexibility index (Phi) is 6.52. The number of benzene rings is 1. The number of carboxylic acid groups (broad SMARTS) is 2. The number of rotatable bonds is 9. The monoisotopic (exact) mass is 294 g/mol. The van der Waals surface area contributed by atoms with Crippen molar-refractivity contribution >= 4 is 11.9 Å². The second-order valence-corrected chi connectivity index (χ2v) is 3.91. The van der Waals surface area contributed by atoms with Crippen molar-refractivity contribution in [2.45, 2.75) is 0 Å². The highest BCUT2D eigenvalue weighted by atomic mass is 16.5. The second-order valence-electron chi connectivity index (χ2n) is 3.91. The number of aromatic carboxylic acids is 2. The van der Waals surface area contributed by atoms with Crippen LogP contribution in [0.25, 0.3) is 10.4 Å². The smallest absolute Gasteiger partial charge is 0.335 e. The van der Waals surface area contributed by atoms with Gasteiger partial charge in [0.1, 0.15) is 12.4 Å². The largest absolute Gasteiger partial charge is 0.492 e. The topological polar surface area (TPSA) is 145 Å². The Hall–Kier alpha value is -2.77. The van der Waals surface area contributed by atoms with E-state index in [2.05, 4.69) is 15.3 Å². The SMILES string of the molecule is [N-]=[N+]=NCCNCCOc1cc(C(=O)O)cc(C(=O)O)c1. The van der Waals surface area contributed by atoms with E-state index < -0.39 is 11.9 Å². The molecule has 0 bridgehead atoms. The van der Waals surface area contributed by atoms with Crippen LogP contribution in [0.2, 0.25) is 0 Å². The molecular weight excluding hydrogens is 280 g/mol. The fourth-order valence-corrected chi connectivity index (χ4v) is 1.47. The maximum absolute atomic E-state index is 10.9. The zero-order chi connectivity index (χ0) is 15.7. The molecule has 21 heavy (non-hydrogen) atoms.